The smallest absolute Gasteiger partial charge is 0.257 e. The summed E-state index contributed by atoms with van der Waals surface area (Å²) in [5, 5.41) is 0. The van der Waals surface area contributed by atoms with Gasteiger partial charge in [0, 0.05) is 26.2 Å². The number of carbonyl (C=O) groups is 1. The second-order valence-electron chi connectivity index (χ2n) is 7.09. The zero-order chi connectivity index (χ0) is 19.4. The lowest BCUT2D eigenvalue weighted by Gasteiger charge is -2.32. The third-order valence-corrected chi connectivity index (χ3v) is 7.35. The fourth-order valence-corrected chi connectivity index (χ4v) is 5.21. The first kappa shape index (κ1) is 20.1. The maximum Gasteiger partial charge on any atom is 0.257 e. The van der Waals surface area contributed by atoms with Gasteiger partial charge in [0.05, 0.1) is 30.8 Å². The first-order valence-corrected chi connectivity index (χ1v) is 10.9. The zero-order valence-corrected chi connectivity index (χ0v) is 16.8. The van der Waals surface area contributed by atoms with E-state index in [1.807, 2.05) is 0 Å². The third kappa shape index (κ3) is 4.28. The van der Waals surface area contributed by atoms with Gasteiger partial charge < -0.3 is 14.4 Å². The largest absolute Gasteiger partial charge is 0.496 e. The lowest BCUT2D eigenvalue weighted by Crippen LogP contribution is -2.41. The highest BCUT2D eigenvalue weighted by Gasteiger charge is 2.30. The molecule has 2 fully saturated rings. The monoisotopic (exact) mass is 396 g/mol. The Hall–Kier alpha value is -1.64. The minimum Gasteiger partial charge on any atom is -0.496 e. The maximum absolute atomic E-state index is 13.1. The van der Waals surface area contributed by atoms with Crippen molar-refractivity contribution < 1.29 is 22.7 Å². The molecule has 1 amide bonds. The highest BCUT2D eigenvalue weighted by Crippen LogP contribution is 2.28. The predicted molar refractivity (Wildman–Crippen MR) is 102 cm³/mol. The normalized spacial score (nSPS) is 19.6. The molecule has 0 aromatic heterocycles. The fourth-order valence-electron chi connectivity index (χ4n) is 3.77. The van der Waals surface area contributed by atoms with Gasteiger partial charge in [-0.1, -0.05) is 19.3 Å². The highest BCUT2D eigenvalue weighted by atomic mass is 32.2. The first-order valence-electron chi connectivity index (χ1n) is 9.48. The topological polar surface area (TPSA) is 76.1 Å². The highest BCUT2D eigenvalue weighted by molar-refractivity contribution is 7.89. The summed E-state index contributed by atoms with van der Waals surface area (Å²) in [5.74, 6) is 0.196. The van der Waals surface area contributed by atoms with E-state index in [0.717, 1.165) is 25.7 Å². The number of rotatable bonds is 5. The van der Waals surface area contributed by atoms with Crippen molar-refractivity contribution in [1.29, 1.82) is 0 Å². The summed E-state index contributed by atoms with van der Waals surface area (Å²) in [5.41, 5.74) is 0.292. The second kappa shape index (κ2) is 8.58. The third-order valence-electron chi connectivity index (χ3n) is 5.45. The lowest BCUT2D eigenvalue weighted by molar-refractivity contribution is 0.0692. The molecule has 1 heterocycles. The maximum atomic E-state index is 13.1. The van der Waals surface area contributed by atoms with Crippen LogP contribution in [0.25, 0.3) is 0 Å². The van der Waals surface area contributed by atoms with Crippen LogP contribution < -0.4 is 4.74 Å². The van der Waals surface area contributed by atoms with Crippen molar-refractivity contribution in [2.24, 2.45) is 0 Å². The number of carbonyl (C=O) groups excluding carboxylic acids is 1. The van der Waals surface area contributed by atoms with Crippen molar-refractivity contribution in [2.75, 3.05) is 40.5 Å². The van der Waals surface area contributed by atoms with Gasteiger partial charge in [-0.2, -0.15) is 4.31 Å². The van der Waals surface area contributed by atoms with Crippen LogP contribution in [0.15, 0.2) is 23.1 Å². The van der Waals surface area contributed by atoms with E-state index in [9.17, 15) is 13.2 Å². The van der Waals surface area contributed by atoms with Gasteiger partial charge in [-0.25, -0.2) is 8.42 Å². The van der Waals surface area contributed by atoms with E-state index in [1.165, 1.54) is 30.0 Å². The van der Waals surface area contributed by atoms with E-state index in [4.69, 9.17) is 9.47 Å². The quantitative estimate of drug-likeness (QED) is 0.762. The SMILES string of the molecule is COc1ccc(S(=O)(=O)N2CCOCC2)cc1C(=O)N(C)C1CCCCC1. The Morgan fingerprint density at radius 2 is 1.85 bits per heavy atom. The second-order valence-corrected chi connectivity index (χ2v) is 9.02. The van der Waals surface area contributed by atoms with Crippen molar-refractivity contribution in [1.82, 2.24) is 9.21 Å². The van der Waals surface area contributed by atoms with E-state index in [-0.39, 0.29) is 16.8 Å². The molecule has 1 saturated carbocycles. The van der Waals surface area contributed by atoms with Gasteiger partial charge in [0.2, 0.25) is 10.0 Å². The molecule has 0 bridgehead atoms. The molecule has 2 aliphatic rings. The molecular formula is C19H28N2O5S. The van der Waals surface area contributed by atoms with Gasteiger partial charge in [0.25, 0.3) is 5.91 Å². The van der Waals surface area contributed by atoms with Crippen LogP contribution in [-0.4, -0.2) is 70.0 Å². The minimum atomic E-state index is -3.67. The van der Waals surface area contributed by atoms with Crippen molar-refractivity contribution in [3.8, 4) is 5.75 Å². The first-order chi connectivity index (χ1) is 12.9. The van der Waals surface area contributed by atoms with Gasteiger partial charge in [-0.05, 0) is 31.0 Å². The summed E-state index contributed by atoms with van der Waals surface area (Å²) in [6, 6.07) is 4.71. The number of methoxy groups -OCH3 is 1. The molecule has 1 aliphatic carbocycles. The van der Waals surface area contributed by atoms with E-state index >= 15 is 0 Å². The molecule has 1 aliphatic heterocycles. The molecule has 0 unspecified atom stereocenters. The Morgan fingerprint density at radius 1 is 1.19 bits per heavy atom. The number of nitrogens with zero attached hydrogens (tertiary/aromatic N) is 2. The van der Waals surface area contributed by atoms with Crippen LogP contribution in [0.2, 0.25) is 0 Å². The van der Waals surface area contributed by atoms with E-state index < -0.39 is 10.0 Å². The van der Waals surface area contributed by atoms with Crippen LogP contribution in [0.3, 0.4) is 0 Å². The Kier molecular flexibility index (Phi) is 6.39. The molecule has 1 aromatic carbocycles. The minimum absolute atomic E-state index is 0.116. The summed E-state index contributed by atoms with van der Waals surface area (Å²) in [4.78, 5) is 15.0. The van der Waals surface area contributed by atoms with Crippen molar-refractivity contribution >= 4 is 15.9 Å². The zero-order valence-electron chi connectivity index (χ0n) is 16.0. The van der Waals surface area contributed by atoms with Gasteiger partial charge in [0.15, 0.2) is 0 Å². The molecule has 0 spiro atoms. The van der Waals surface area contributed by atoms with E-state index in [1.54, 1.807) is 18.0 Å². The molecule has 3 rings (SSSR count). The average molecular weight is 397 g/mol. The number of morpholine rings is 1. The van der Waals surface area contributed by atoms with Crippen LogP contribution in [-0.2, 0) is 14.8 Å². The predicted octanol–water partition coefficient (Wildman–Crippen LogP) is 2.12. The summed E-state index contributed by atoms with van der Waals surface area (Å²) >= 11 is 0. The molecular weight excluding hydrogens is 368 g/mol. The van der Waals surface area contributed by atoms with E-state index in [0.29, 0.717) is 37.6 Å². The van der Waals surface area contributed by atoms with Crippen molar-refractivity contribution in [2.45, 2.75) is 43.0 Å². The van der Waals surface area contributed by atoms with E-state index in [2.05, 4.69) is 0 Å². The molecule has 27 heavy (non-hydrogen) atoms. The summed E-state index contributed by atoms with van der Waals surface area (Å²) in [6.45, 7) is 1.40. The lowest BCUT2D eigenvalue weighted by atomic mass is 9.94. The van der Waals surface area contributed by atoms with Crippen molar-refractivity contribution in [3.63, 3.8) is 0 Å². The number of amides is 1. The van der Waals surface area contributed by atoms with Crippen LogP contribution in [0.1, 0.15) is 42.5 Å². The summed E-state index contributed by atoms with van der Waals surface area (Å²) < 4.78 is 37.9. The summed E-state index contributed by atoms with van der Waals surface area (Å²) in [7, 11) is -0.385. The molecule has 150 valence electrons. The molecule has 1 saturated heterocycles. The Balaban J connectivity index is 1.90. The number of benzene rings is 1. The number of hydrogen-bond acceptors (Lipinski definition) is 5. The summed E-state index contributed by atoms with van der Waals surface area (Å²) in [6.07, 6.45) is 5.40. The molecule has 0 radical (unpaired) electrons. The Bertz CT molecular complexity index is 768. The fraction of sp³-hybridized carbons (Fsp3) is 0.632. The number of hydrogen-bond donors (Lipinski definition) is 0. The Morgan fingerprint density at radius 3 is 2.48 bits per heavy atom. The molecule has 1 aromatic rings. The number of sulfonamides is 1. The van der Waals surface area contributed by atoms with Crippen LogP contribution in [0.4, 0.5) is 0 Å². The van der Waals surface area contributed by atoms with Crippen LogP contribution in [0.5, 0.6) is 5.75 Å². The van der Waals surface area contributed by atoms with Gasteiger partial charge in [-0.15, -0.1) is 0 Å². The van der Waals surface area contributed by atoms with Crippen LogP contribution in [0, 0.1) is 0 Å². The average Bonchev–Trinajstić information content (AvgIpc) is 2.73. The molecule has 8 heteroatoms. The molecule has 0 N–H and O–H groups in total. The van der Waals surface area contributed by atoms with Gasteiger partial charge in [-0.3, -0.25) is 4.79 Å². The van der Waals surface area contributed by atoms with Gasteiger partial charge in [0.1, 0.15) is 5.75 Å². The Labute approximate surface area is 161 Å². The van der Waals surface area contributed by atoms with Gasteiger partial charge >= 0.3 is 0 Å². The van der Waals surface area contributed by atoms with Crippen LogP contribution >= 0.6 is 0 Å². The standard InChI is InChI=1S/C19H28N2O5S/c1-20(15-6-4-3-5-7-15)19(22)17-14-16(8-9-18(17)25-2)27(23,24)21-10-12-26-13-11-21/h8-9,14-15H,3-7,10-13H2,1-2H3. The molecule has 0 atom stereocenters. The van der Waals surface area contributed by atoms with Crippen molar-refractivity contribution in [3.05, 3.63) is 23.8 Å². The number of ether oxygens (including phenoxy) is 2. The molecule has 7 nitrogen and oxygen atoms in total.